The zero-order chi connectivity index (χ0) is 22.6. The predicted molar refractivity (Wildman–Crippen MR) is 125 cm³/mol. The highest BCUT2D eigenvalue weighted by molar-refractivity contribution is 7.89. The summed E-state index contributed by atoms with van der Waals surface area (Å²) in [7, 11) is -3.57. The number of rotatable bonds is 8. The molecule has 7 nitrogen and oxygen atoms in total. The third kappa shape index (κ3) is 5.11. The van der Waals surface area contributed by atoms with Crippen molar-refractivity contribution in [2.24, 2.45) is 5.92 Å². The number of ether oxygens (including phenoxy) is 1. The van der Waals surface area contributed by atoms with E-state index in [1.807, 2.05) is 31.2 Å². The Labute approximate surface area is 192 Å². The van der Waals surface area contributed by atoms with E-state index in [9.17, 15) is 13.2 Å². The van der Waals surface area contributed by atoms with E-state index in [0.29, 0.717) is 51.3 Å². The number of sulfonamides is 1. The van der Waals surface area contributed by atoms with Gasteiger partial charge >= 0.3 is 0 Å². The number of nitrogens with one attached hydrogen (secondary N) is 1. The molecule has 1 aliphatic heterocycles. The van der Waals surface area contributed by atoms with Gasteiger partial charge in [0.1, 0.15) is 5.75 Å². The molecule has 9 heteroatoms. The first kappa shape index (κ1) is 22.7. The summed E-state index contributed by atoms with van der Waals surface area (Å²) in [5.74, 6) is 0.467. The highest BCUT2D eigenvalue weighted by atomic mass is 32.2. The van der Waals surface area contributed by atoms with Gasteiger partial charge < -0.3 is 10.1 Å². The summed E-state index contributed by atoms with van der Waals surface area (Å²) < 4.78 is 33.8. The van der Waals surface area contributed by atoms with Crippen molar-refractivity contribution in [2.75, 3.05) is 26.2 Å². The first-order chi connectivity index (χ1) is 15.5. The first-order valence-corrected chi connectivity index (χ1v) is 13.1. The summed E-state index contributed by atoms with van der Waals surface area (Å²) in [4.78, 5) is 17.4. The molecule has 32 heavy (non-hydrogen) atoms. The van der Waals surface area contributed by atoms with Gasteiger partial charge in [-0.1, -0.05) is 12.1 Å². The monoisotopic (exact) mass is 473 g/mol. The third-order valence-corrected chi connectivity index (χ3v) is 8.58. The highest BCUT2D eigenvalue weighted by Gasteiger charge is 2.32. The molecule has 0 atom stereocenters. The van der Waals surface area contributed by atoms with Crippen LogP contribution in [0.1, 0.15) is 24.8 Å². The molecule has 0 aliphatic carbocycles. The van der Waals surface area contributed by atoms with Crippen LogP contribution in [0.25, 0.3) is 10.2 Å². The molecule has 4 rings (SSSR count). The van der Waals surface area contributed by atoms with Crippen molar-refractivity contribution >= 4 is 37.5 Å². The molecule has 1 fully saturated rings. The van der Waals surface area contributed by atoms with Crippen LogP contribution in [0.2, 0.25) is 0 Å². The number of hydrogen-bond acceptors (Lipinski definition) is 6. The van der Waals surface area contributed by atoms with E-state index >= 15 is 0 Å². The molecule has 2 aromatic carbocycles. The molecule has 0 bridgehead atoms. The summed E-state index contributed by atoms with van der Waals surface area (Å²) in [5.41, 5.74) is 0.986. The summed E-state index contributed by atoms with van der Waals surface area (Å²) in [5, 5.41) is 4.00. The van der Waals surface area contributed by atoms with Crippen LogP contribution in [0.4, 0.5) is 0 Å². The summed E-state index contributed by atoms with van der Waals surface area (Å²) in [6.07, 6.45) is 1.72. The predicted octanol–water partition coefficient (Wildman–Crippen LogP) is 3.45. The van der Waals surface area contributed by atoms with E-state index in [4.69, 9.17) is 4.74 Å². The molecule has 1 aliphatic rings. The number of thiazole rings is 1. The summed E-state index contributed by atoms with van der Waals surface area (Å²) in [6.45, 7) is 3.62. The number of para-hydroxylation sites is 1. The molecule has 0 spiro atoms. The fraction of sp³-hybridized carbons (Fsp3) is 0.391. The Morgan fingerprint density at radius 3 is 2.56 bits per heavy atom. The molecule has 1 aromatic heterocycles. The highest BCUT2D eigenvalue weighted by Crippen LogP contribution is 2.26. The molecular formula is C23H27N3O4S2. The van der Waals surface area contributed by atoms with Crippen LogP contribution in [0.15, 0.2) is 53.4 Å². The number of hydrogen-bond donors (Lipinski definition) is 1. The second kappa shape index (κ2) is 9.97. The lowest BCUT2D eigenvalue weighted by Crippen LogP contribution is -2.43. The van der Waals surface area contributed by atoms with Crippen LogP contribution in [-0.2, 0) is 21.2 Å². The van der Waals surface area contributed by atoms with E-state index in [1.54, 1.807) is 35.6 Å². The van der Waals surface area contributed by atoms with Gasteiger partial charge in [0.25, 0.3) is 0 Å². The number of carbonyl (C=O) groups is 1. The summed E-state index contributed by atoms with van der Waals surface area (Å²) in [6, 6.07) is 14.5. The van der Waals surface area contributed by atoms with Crippen LogP contribution in [0.3, 0.4) is 0 Å². The van der Waals surface area contributed by atoms with E-state index in [2.05, 4.69) is 10.3 Å². The number of fused-ring (bicyclic) bond motifs is 1. The Morgan fingerprint density at radius 2 is 1.88 bits per heavy atom. The van der Waals surface area contributed by atoms with Crippen molar-refractivity contribution in [3.05, 3.63) is 53.5 Å². The molecule has 0 unspecified atom stereocenters. The molecule has 170 valence electrons. The van der Waals surface area contributed by atoms with Gasteiger partial charge in [-0.25, -0.2) is 13.4 Å². The van der Waals surface area contributed by atoms with Crippen molar-refractivity contribution in [3.63, 3.8) is 0 Å². The minimum atomic E-state index is -3.57. The molecule has 3 aromatic rings. The second-order valence-corrected chi connectivity index (χ2v) is 10.8. The minimum Gasteiger partial charge on any atom is -0.494 e. The Hall–Kier alpha value is -2.49. The smallest absolute Gasteiger partial charge is 0.243 e. The molecule has 0 radical (unpaired) electrons. The number of aromatic nitrogens is 1. The minimum absolute atomic E-state index is 0.00998. The Bertz CT molecular complexity index is 1130. The van der Waals surface area contributed by atoms with E-state index < -0.39 is 10.0 Å². The van der Waals surface area contributed by atoms with Gasteiger partial charge in [-0.15, -0.1) is 11.3 Å². The second-order valence-electron chi connectivity index (χ2n) is 7.70. The molecule has 0 saturated carbocycles. The third-order valence-electron chi connectivity index (χ3n) is 5.57. The summed E-state index contributed by atoms with van der Waals surface area (Å²) >= 11 is 1.65. The van der Waals surface area contributed by atoms with Crippen molar-refractivity contribution < 1.29 is 17.9 Å². The quantitative estimate of drug-likeness (QED) is 0.541. The standard InChI is InChI=1S/C23H27N3O4S2/c1-2-30-18-7-9-19(10-8-18)32(28,29)26-15-12-17(13-16-26)23(27)24-14-11-22-25-20-5-3-4-6-21(20)31-22/h3-10,17H,2,11-16H2,1H3,(H,24,27). The zero-order valence-electron chi connectivity index (χ0n) is 18.0. The maximum Gasteiger partial charge on any atom is 0.243 e. The Kier molecular flexibility index (Phi) is 7.07. The largest absolute Gasteiger partial charge is 0.494 e. The topological polar surface area (TPSA) is 88.6 Å². The van der Waals surface area contributed by atoms with Crippen LogP contribution in [0, 0.1) is 5.92 Å². The maximum absolute atomic E-state index is 12.9. The van der Waals surface area contributed by atoms with Gasteiger partial charge in [-0.3, -0.25) is 4.79 Å². The van der Waals surface area contributed by atoms with Crippen LogP contribution in [0.5, 0.6) is 5.75 Å². The SMILES string of the molecule is CCOc1ccc(S(=O)(=O)N2CCC(C(=O)NCCc3nc4ccccc4s3)CC2)cc1. The molecule has 1 N–H and O–H groups in total. The van der Waals surface area contributed by atoms with Gasteiger partial charge in [0.15, 0.2) is 0 Å². The van der Waals surface area contributed by atoms with Crippen molar-refractivity contribution in [1.29, 1.82) is 0 Å². The van der Waals surface area contributed by atoms with Gasteiger partial charge in [0.2, 0.25) is 15.9 Å². The molecule has 1 saturated heterocycles. The van der Waals surface area contributed by atoms with E-state index in [1.165, 1.54) is 4.31 Å². The molecule has 2 heterocycles. The normalized spacial score (nSPS) is 15.7. The van der Waals surface area contributed by atoms with Crippen LogP contribution >= 0.6 is 11.3 Å². The van der Waals surface area contributed by atoms with Crippen molar-refractivity contribution in [1.82, 2.24) is 14.6 Å². The lowest BCUT2D eigenvalue weighted by atomic mass is 9.97. The lowest BCUT2D eigenvalue weighted by Gasteiger charge is -2.30. The number of amides is 1. The van der Waals surface area contributed by atoms with Crippen LogP contribution < -0.4 is 10.1 Å². The average Bonchev–Trinajstić information content (AvgIpc) is 3.22. The van der Waals surface area contributed by atoms with Gasteiger partial charge in [0, 0.05) is 32.0 Å². The fourth-order valence-corrected chi connectivity index (χ4v) is 6.28. The molecule has 1 amide bonds. The number of benzene rings is 2. The van der Waals surface area contributed by atoms with Gasteiger partial charge in [-0.05, 0) is 56.2 Å². The van der Waals surface area contributed by atoms with Gasteiger partial charge in [0.05, 0.1) is 26.7 Å². The zero-order valence-corrected chi connectivity index (χ0v) is 19.6. The van der Waals surface area contributed by atoms with Crippen molar-refractivity contribution in [2.45, 2.75) is 31.1 Å². The van der Waals surface area contributed by atoms with Crippen molar-refractivity contribution in [3.8, 4) is 5.75 Å². The van der Waals surface area contributed by atoms with E-state index in [-0.39, 0.29) is 16.7 Å². The Morgan fingerprint density at radius 1 is 1.16 bits per heavy atom. The average molecular weight is 474 g/mol. The number of carbonyl (C=O) groups excluding carboxylic acids is 1. The Balaban J connectivity index is 1.26. The number of nitrogens with zero attached hydrogens (tertiary/aromatic N) is 2. The first-order valence-electron chi connectivity index (χ1n) is 10.8. The molecular weight excluding hydrogens is 446 g/mol. The fourth-order valence-electron chi connectivity index (χ4n) is 3.85. The van der Waals surface area contributed by atoms with E-state index in [0.717, 1.165) is 15.2 Å². The lowest BCUT2D eigenvalue weighted by molar-refractivity contribution is -0.126. The van der Waals surface area contributed by atoms with Crippen LogP contribution in [-0.4, -0.2) is 49.9 Å². The van der Waals surface area contributed by atoms with Gasteiger partial charge in [-0.2, -0.15) is 4.31 Å². The number of piperidine rings is 1. The maximum atomic E-state index is 12.9.